The molecule has 1 aliphatic heterocycles. The number of nitrogens with zero attached hydrogens (tertiary/aromatic N) is 1. The summed E-state index contributed by atoms with van der Waals surface area (Å²) in [5.74, 6) is -0.352. The molecule has 1 unspecified atom stereocenters. The van der Waals surface area contributed by atoms with Crippen LogP contribution in [0.2, 0.25) is 0 Å². The second kappa shape index (κ2) is 5.77. The summed E-state index contributed by atoms with van der Waals surface area (Å²) in [5, 5.41) is 21.5. The predicted octanol–water partition coefficient (Wildman–Crippen LogP) is 1.40. The molecule has 1 heterocycles. The molecular formula is C15H18N2O3. The molecule has 0 saturated carbocycles. The Labute approximate surface area is 117 Å². The first-order chi connectivity index (χ1) is 9.51. The number of benzene rings is 1. The first-order valence-electron chi connectivity index (χ1n) is 6.48. The molecule has 106 valence electrons. The molecule has 0 radical (unpaired) electrons. The average molecular weight is 274 g/mol. The molecule has 1 aromatic carbocycles. The standard InChI is InChI=1S/C15H18N2O3/c1-15(6-2-7-16-10-15)14(20)17-8-5-11-3-4-12(18)13(19)9-11/h2-4,6-7,9,18-19H,5,8,10H2,1H3,(H,17,20). The van der Waals surface area contributed by atoms with Gasteiger partial charge >= 0.3 is 0 Å². The first-order valence-corrected chi connectivity index (χ1v) is 6.48. The maximum atomic E-state index is 12.1. The summed E-state index contributed by atoms with van der Waals surface area (Å²) < 4.78 is 0. The van der Waals surface area contributed by atoms with Crippen molar-refractivity contribution in [1.29, 1.82) is 0 Å². The molecule has 1 aliphatic rings. The summed E-state index contributed by atoms with van der Waals surface area (Å²) in [7, 11) is 0. The van der Waals surface area contributed by atoms with Gasteiger partial charge in [-0.1, -0.05) is 12.1 Å². The summed E-state index contributed by atoms with van der Waals surface area (Å²) in [4.78, 5) is 16.2. The lowest BCUT2D eigenvalue weighted by Crippen LogP contribution is -2.41. The van der Waals surface area contributed by atoms with Gasteiger partial charge in [-0.3, -0.25) is 9.79 Å². The second-order valence-corrected chi connectivity index (χ2v) is 5.10. The minimum Gasteiger partial charge on any atom is -0.504 e. The van der Waals surface area contributed by atoms with E-state index in [1.54, 1.807) is 18.4 Å². The third-order valence-corrected chi connectivity index (χ3v) is 3.33. The fourth-order valence-corrected chi connectivity index (χ4v) is 2.01. The summed E-state index contributed by atoms with van der Waals surface area (Å²) in [5.41, 5.74) is 0.259. The number of dihydropyridines is 1. The smallest absolute Gasteiger partial charge is 0.231 e. The number of allylic oxidation sites excluding steroid dienone is 1. The largest absolute Gasteiger partial charge is 0.504 e. The molecule has 1 aromatic rings. The van der Waals surface area contributed by atoms with Crippen LogP contribution in [0.5, 0.6) is 11.5 Å². The van der Waals surface area contributed by atoms with E-state index in [1.807, 2.05) is 13.0 Å². The quantitative estimate of drug-likeness (QED) is 0.726. The highest BCUT2D eigenvalue weighted by atomic mass is 16.3. The molecule has 5 nitrogen and oxygen atoms in total. The molecule has 3 N–H and O–H groups in total. The Morgan fingerprint density at radius 3 is 2.85 bits per heavy atom. The predicted molar refractivity (Wildman–Crippen MR) is 77.1 cm³/mol. The maximum Gasteiger partial charge on any atom is 0.231 e. The van der Waals surface area contributed by atoms with Gasteiger partial charge in [-0.25, -0.2) is 0 Å². The zero-order valence-corrected chi connectivity index (χ0v) is 11.3. The number of carbonyl (C=O) groups excluding carboxylic acids is 1. The summed E-state index contributed by atoms with van der Waals surface area (Å²) >= 11 is 0. The van der Waals surface area contributed by atoms with Gasteiger partial charge in [-0.05, 0) is 37.1 Å². The molecule has 0 saturated heterocycles. The number of aliphatic imine (C=N–C) groups is 1. The van der Waals surface area contributed by atoms with Crippen LogP contribution in [-0.2, 0) is 11.2 Å². The van der Waals surface area contributed by atoms with Crippen LogP contribution in [0.3, 0.4) is 0 Å². The fourth-order valence-electron chi connectivity index (χ4n) is 2.01. The van der Waals surface area contributed by atoms with Crippen molar-refractivity contribution in [1.82, 2.24) is 5.32 Å². The number of phenols is 2. The monoisotopic (exact) mass is 274 g/mol. The van der Waals surface area contributed by atoms with Crippen LogP contribution < -0.4 is 5.32 Å². The first kappa shape index (κ1) is 14.1. The Hall–Kier alpha value is -2.30. The van der Waals surface area contributed by atoms with Crippen molar-refractivity contribution in [2.24, 2.45) is 10.4 Å². The molecule has 0 bridgehead atoms. The third-order valence-electron chi connectivity index (χ3n) is 3.33. The molecule has 2 rings (SSSR count). The maximum absolute atomic E-state index is 12.1. The van der Waals surface area contributed by atoms with Crippen LogP contribution in [0, 0.1) is 5.41 Å². The molecule has 0 spiro atoms. The SMILES string of the molecule is CC1(C(=O)NCCc2ccc(O)c(O)c2)C=CC=NC1. The Kier molecular flexibility index (Phi) is 4.08. The van der Waals surface area contributed by atoms with Crippen molar-refractivity contribution in [2.75, 3.05) is 13.1 Å². The van der Waals surface area contributed by atoms with Crippen molar-refractivity contribution in [3.63, 3.8) is 0 Å². The molecule has 0 fully saturated rings. The van der Waals surface area contributed by atoms with E-state index in [-0.39, 0.29) is 17.4 Å². The second-order valence-electron chi connectivity index (χ2n) is 5.10. The zero-order chi connectivity index (χ0) is 14.6. The molecule has 1 atom stereocenters. The highest BCUT2D eigenvalue weighted by Gasteiger charge is 2.30. The van der Waals surface area contributed by atoms with Gasteiger partial charge < -0.3 is 15.5 Å². The average Bonchev–Trinajstić information content (AvgIpc) is 2.43. The molecule has 0 aliphatic carbocycles. The van der Waals surface area contributed by atoms with Gasteiger partial charge in [0.15, 0.2) is 11.5 Å². The minimum absolute atomic E-state index is 0.0615. The van der Waals surface area contributed by atoms with Crippen LogP contribution in [0.15, 0.2) is 35.3 Å². The Morgan fingerprint density at radius 1 is 1.40 bits per heavy atom. The normalized spacial score (nSPS) is 20.9. The van der Waals surface area contributed by atoms with Gasteiger partial charge in [0, 0.05) is 12.8 Å². The van der Waals surface area contributed by atoms with Crippen molar-refractivity contribution in [3.05, 3.63) is 35.9 Å². The van der Waals surface area contributed by atoms with Gasteiger partial charge in [-0.15, -0.1) is 0 Å². The van der Waals surface area contributed by atoms with E-state index >= 15 is 0 Å². The molecule has 5 heteroatoms. The van der Waals surface area contributed by atoms with Crippen molar-refractivity contribution >= 4 is 12.1 Å². The lowest BCUT2D eigenvalue weighted by Gasteiger charge is -2.24. The third kappa shape index (κ3) is 3.17. The van der Waals surface area contributed by atoms with Crippen LogP contribution in [0.1, 0.15) is 12.5 Å². The number of hydrogen-bond donors (Lipinski definition) is 3. The highest BCUT2D eigenvalue weighted by molar-refractivity contribution is 5.87. The van der Waals surface area contributed by atoms with Crippen LogP contribution in [0.4, 0.5) is 0 Å². The lowest BCUT2D eigenvalue weighted by atomic mass is 9.88. The number of rotatable bonds is 4. The summed E-state index contributed by atoms with van der Waals surface area (Å²) in [6.07, 6.45) is 5.90. The van der Waals surface area contributed by atoms with Gasteiger partial charge in [0.2, 0.25) is 5.91 Å². The Balaban J connectivity index is 1.86. The molecule has 0 aromatic heterocycles. The molecule has 1 amide bonds. The van der Waals surface area contributed by atoms with Crippen LogP contribution in [0.25, 0.3) is 0 Å². The number of carbonyl (C=O) groups is 1. The van der Waals surface area contributed by atoms with E-state index in [2.05, 4.69) is 10.3 Å². The Bertz CT molecular complexity index is 566. The number of hydrogen-bond acceptors (Lipinski definition) is 4. The van der Waals surface area contributed by atoms with Gasteiger partial charge in [-0.2, -0.15) is 0 Å². The van der Waals surface area contributed by atoms with Crippen LogP contribution in [-0.4, -0.2) is 35.4 Å². The van der Waals surface area contributed by atoms with Gasteiger partial charge in [0.05, 0.1) is 12.0 Å². The number of aromatic hydroxyl groups is 2. The van der Waals surface area contributed by atoms with Gasteiger partial charge in [0.1, 0.15) is 0 Å². The lowest BCUT2D eigenvalue weighted by molar-refractivity contribution is -0.127. The van der Waals surface area contributed by atoms with Crippen molar-refractivity contribution in [3.8, 4) is 11.5 Å². The topological polar surface area (TPSA) is 81.9 Å². The number of amides is 1. The number of nitrogens with one attached hydrogen (secondary N) is 1. The molecule has 20 heavy (non-hydrogen) atoms. The Morgan fingerprint density at radius 2 is 2.20 bits per heavy atom. The van der Waals surface area contributed by atoms with E-state index < -0.39 is 5.41 Å². The number of phenolic OH excluding ortho intramolecular Hbond substituents is 2. The van der Waals surface area contributed by atoms with E-state index in [4.69, 9.17) is 0 Å². The van der Waals surface area contributed by atoms with Crippen molar-refractivity contribution in [2.45, 2.75) is 13.3 Å². The van der Waals surface area contributed by atoms with E-state index in [0.29, 0.717) is 19.5 Å². The minimum atomic E-state index is -0.591. The van der Waals surface area contributed by atoms with Crippen molar-refractivity contribution < 1.29 is 15.0 Å². The molecular weight excluding hydrogens is 256 g/mol. The zero-order valence-electron chi connectivity index (χ0n) is 11.3. The summed E-state index contributed by atoms with van der Waals surface area (Å²) in [6, 6.07) is 4.65. The van der Waals surface area contributed by atoms with Crippen LogP contribution >= 0.6 is 0 Å². The fraction of sp³-hybridized carbons (Fsp3) is 0.333. The van der Waals surface area contributed by atoms with Gasteiger partial charge in [0.25, 0.3) is 0 Å². The van der Waals surface area contributed by atoms with E-state index in [9.17, 15) is 15.0 Å². The summed E-state index contributed by atoms with van der Waals surface area (Å²) in [6.45, 7) is 2.77. The van der Waals surface area contributed by atoms with E-state index in [0.717, 1.165) is 5.56 Å². The van der Waals surface area contributed by atoms with E-state index in [1.165, 1.54) is 12.1 Å². The highest BCUT2D eigenvalue weighted by Crippen LogP contribution is 2.25.